The number of nitro groups is 1. The number of benzene rings is 1. The summed E-state index contributed by atoms with van der Waals surface area (Å²) in [5.41, 5.74) is 0.839. The monoisotopic (exact) mass is 290 g/mol. The van der Waals surface area contributed by atoms with Crippen molar-refractivity contribution in [1.82, 2.24) is 0 Å². The molecule has 0 fully saturated rings. The summed E-state index contributed by atoms with van der Waals surface area (Å²) in [6.45, 7) is 3.34. The number of nitro benzene ring substituents is 1. The molecule has 0 heterocycles. The third-order valence-corrected chi connectivity index (χ3v) is 3.19. The zero-order chi connectivity index (χ0) is 13.9. The molecule has 0 aromatic heterocycles. The lowest BCUT2D eigenvalue weighted by molar-refractivity contribution is -0.384. The Labute approximate surface area is 114 Å². The minimum Gasteiger partial charge on any atom is -0.326 e. The van der Waals surface area contributed by atoms with Crippen LogP contribution in [0.15, 0.2) is 12.1 Å². The number of nitrogens with one attached hydrogen (secondary N) is 1. The lowest BCUT2D eigenvalue weighted by Crippen LogP contribution is -2.21. The van der Waals surface area contributed by atoms with Crippen molar-refractivity contribution in [3.8, 4) is 0 Å². The van der Waals surface area contributed by atoms with E-state index < -0.39 is 4.92 Å². The minimum absolute atomic E-state index is 0.0144. The summed E-state index contributed by atoms with van der Waals surface area (Å²) in [4.78, 5) is 21.8. The number of carbonyl (C=O) groups is 1. The first-order valence-electron chi connectivity index (χ1n) is 5.18. The second kappa shape index (κ2) is 6.02. The third-order valence-electron chi connectivity index (χ3n) is 2.43. The van der Waals surface area contributed by atoms with E-state index in [1.165, 1.54) is 12.1 Å². The van der Waals surface area contributed by atoms with E-state index in [0.29, 0.717) is 11.3 Å². The van der Waals surface area contributed by atoms with Crippen LogP contribution in [0.5, 0.6) is 0 Å². The van der Waals surface area contributed by atoms with Gasteiger partial charge in [-0.15, -0.1) is 11.6 Å². The van der Waals surface area contributed by atoms with Gasteiger partial charge in [0.15, 0.2) is 0 Å². The van der Waals surface area contributed by atoms with Crippen LogP contribution in [0, 0.1) is 23.0 Å². The zero-order valence-electron chi connectivity index (χ0n) is 9.87. The lowest BCUT2D eigenvalue weighted by Gasteiger charge is -2.12. The molecule has 1 aromatic carbocycles. The van der Waals surface area contributed by atoms with E-state index in [0.717, 1.165) is 0 Å². The number of nitrogens with zero attached hydrogens (tertiary/aromatic N) is 1. The molecule has 0 saturated heterocycles. The number of aryl methyl sites for hydroxylation is 1. The molecule has 18 heavy (non-hydrogen) atoms. The summed E-state index contributed by atoms with van der Waals surface area (Å²) in [7, 11) is 0. The van der Waals surface area contributed by atoms with Crippen molar-refractivity contribution in [1.29, 1.82) is 0 Å². The number of alkyl halides is 1. The number of hydrogen-bond donors (Lipinski definition) is 1. The maximum Gasteiger partial charge on any atom is 0.288 e. The van der Waals surface area contributed by atoms with E-state index in [1.54, 1.807) is 13.8 Å². The molecular formula is C11H12Cl2N2O3. The number of carbonyl (C=O) groups excluding carboxylic acids is 1. The summed E-state index contributed by atoms with van der Waals surface area (Å²) < 4.78 is 0. The molecule has 0 radical (unpaired) electrons. The van der Waals surface area contributed by atoms with Crippen molar-refractivity contribution >= 4 is 40.5 Å². The normalized spacial score (nSPS) is 12.0. The Morgan fingerprint density at radius 2 is 2.17 bits per heavy atom. The van der Waals surface area contributed by atoms with E-state index >= 15 is 0 Å². The van der Waals surface area contributed by atoms with Crippen LogP contribution >= 0.6 is 23.2 Å². The predicted molar refractivity (Wildman–Crippen MR) is 71.4 cm³/mol. The number of anilines is 1. The van der Waals surface area contributed by atoms with Crippen molar-refractivity contribution < 1.29 is 9.72 Å². The highest BCUT2D eigenvalue weighted by atomic mass is 35.5. The molecule has 0 bridgehead atoms. The minimum atomic E-state index is -0.567. The molecule has 0 spiro atoms. The summed E-state index contributed by atoms with van der Waals surface area (Å²) in [6, 6.07) is 2.69. The molecule has 1 aromatic rings. The molecule has 0 saturated carbocycles. The van der Waals surface area contributed by atoms with Crippen molar-refractivity contribution in [3.05, 3.63) is 32.8 Å². The number of halogens is 2. The van der Waals surface area contributed by atoms with Gasteiger partial charge < -0.3 is 5.32 Å². The van der Waals surface area contributed by atoms with E-state index in [1.807, 2.05) is 0 Å². The molecule has 5 nitrogen and oxygen atoms in total. The Bertz CT molecular complexity index is 491. The summed E-state index contributed by atoms with van der Waals surface area (Å²) in [5, 5.41) is 13.3. The first-order valence-corrected chi connectivity index (χ1v) is 6.09. The average molecular weight is 291 g/mol. The van der Waals surface area contributed by atoms with E-state index in [2.05, 4.69) is 5.32 Å². The number of amides is 1. The molecule has 7 heteroatoms. The van der Waals surface area contributed by atoms with Crippen LogP contribution in [0.25, 0.3) is 0 Å². The van der Waals surface area contributed by atoms with E-state index in [4.69, 9.17) is 23.2 Å². The Morgan fingerprint density at radius 3 is 2.67 bits per heavy atom. The maximum atomic E-state index is 11.7. The molecular weight excluding hydrogens is 279 g/mol. The van der Waals surface area contributed by atoms with Crippen LogP contribution in [-0.2, 0) is 4.79 Å². The van der Waals surface area contributed by atoms with E-state index in [-0.39, 0.29) is 28.4 Å². The highest BCUT2D eigenvalue weighted by Crippen LogP contribution is 2.30. The molecule has 0 aliphatic carbocycles. The van der Waals surface area contributed by atoms with Crippen LogP contribution < -0.4 is 5.32 Å². The van der Waals surface area contributed by atoms with Gasteiger partial charge >= 0.3 is 0 Å². The maximum absolute atomic E-state index is 11.7. The molecule has 0 aliphatic heterocycles. The Hall–Kier alpha value is -1.33. The first kappa shape index (κ1) is 14.7. The van der Waals surface area contributed by atoms with Gasteiger partial charge in [-0.1, -0.05) is 18.5 Å². The second-order valence-electron chi connectivity index (χ2n) is 3.92. The number of hydrogen-bond acceptors (Lipinski definition) is 3. The van der Waals surface area contributed by atoms with Crippen molar-refractivity contribution in [2.24, 2.45) is 5.92 Å². The van der Waals surface area contributed by atoms with E-state index in [9.17, 15) is 14.9 Å². The summed E-state index contributed by atoms with van der Waals surface area (Å²) in [5.74, 6) is -0.399. The molecule has 98 valence electrons. The van der Waals surface area contributed by atoms with Crippen LogP contribution in [0.1, 0.15) is 12.5 Å². The molecule has 1 amide bonds. The van der Waals surface area contributed by atoms with Gasteiger partial charge in [0.1, 0.15) is 5.02 Å². The Balaban J connectivity index is 3.02. The molecule has 1 rings (SSSR count). The topological polar surface area (TPSA) is 72.2 Å². The zero-order valence-corrected chi connectivity index (χ0v) is 11.4. The average Bonchev–Trinajstić information content (AvgIpc) is 2.31. The quantitative estimate of drug-likeness (QED) is 0.525. The van der Waals surface area contributed by atoms with Crippen LogP contribution in [0.2, 0.25) is 5.02 Å². The van der Waals surface area contributed by atoms with Gasteiger partial charge in [0, 0.05) is 23.6 Å². The van der Waals surface area contributed by atoms with Crippen LogP contribution in [0.3, 0.4) is 0 Å². The molecule has 0 aliphatic rings. The first-order chi connectivity index (χ1) is 8.36. The van der Waals surface area contributed by atoms with Crippen molar-refractivity contribution in [3.63, 3.8) is 0 Å². The lowest BCUT2D eigenvalue weighted by atomic mass is 10.1. The highest BCUT2D eigenvalue weighted by molar-refractivity contribution is 6.33. The van der Waals surface area contributed by atoms with Crippen molar-refractivity contribution in [2.45, 2.75) is 13.8 Å². The SMILES string of the molecule is Cc1cc([N+](=O)[O-])c(Cl)cc1NC(=O)C(C)CCl. The summed E-state index contributed by atoms with van der Waals surface area (Å²) in [6.07, 6.45) is 0. The summed E-state index contributed by atoms with van der Waals surface area (Å²) >= 11 is 11.3. The predicted octanol–water partition coefficient (Wildman–Crippen LogP) is 3.37. The van der Waals surface area contributed by atoms with Gasteiger partial charge in [-0.3, -0.25) is 14.9 Å². The molecule has 1 N–H and O–H groups in total. The Morgan fingerprint density at radius 1 is 1.56 bits per heavy atom. The third kappa shape index (κ3) is 3.34. The number of rotatable bonds is 4. The fraction of sp³-hybridized carbons (Fsp3) is 0.364. The fourth-order valence-corrected chi connectivity index (χ4v) is 1.64. The molecule has 1 atom stereocenters. The Kier molecular flexibility index (Phi) is 4.93. The van der Waals surface area contributed by atoms with Gasteiger partial charge in [0.25, 0.3) is 5.69 Å². The van der Waals surface area contributed by atoms with Gasteiger partial charge in [-0.2, -0.15) is 0 Å². The van der Waals surface area contributed by atoms with Gasteiger partial charge in [-0.05, 0) is 18.6 Å². The van der Waals surface area contributed by atoms with Gasteiger partial charge in [0.2, 0.25) is 5.91 Å². The van der Waals surface area contributed by atoms with Gasteiger partial charge in [-0.25, -0.2) is 0 Å². The van der Waals surface area contributed by atoms with Gasteiger partial charge in [0.05, 0.1) is 4.92 Å². The van der Waals surface area contributed by atoms with Crippen LogP contribution in [-0.4, -0.2) is 16.7 Å². The smallest absolute Gasteiger partial charge is 0.288 e. The molecule has 1 unspecified atom stereocenters. The highest BCUT2D eigenvalue weighted by Gasteiger charge is 2.18. The van der Waals surface area contributed by atoms with Crippen LogP contribution in [0.4, 0.5) is 11.4 Å². The standard InChI is InChI=1S/C11H12Cl2N2O3/c1-6-3-10(15(17)18)8(13)4-9(6)14-11(16)7(2)5-12/h3-4,7H,5H2,1-2H3,(H,14,16). The fourth-order valence-electron chi connectivity index (χ4n) is 1.27. The second-order valence-corrected chi connectivity index (χ2v) is 4.64. The van der Waals surface area contributed by atoms with Crippen molar-refractivity contribution in [2.75, 3.05) is 11.2 Å². The largest absolute Gasteiger partial charge is 0.326 e.